The molecular formula is C18H20F3N5O2. The average molecular weight is 395 g/mol. The molecule has 0 spiro atoms. The molecule has 2 heterocycles. The van der Waals surface area contributed by atoms with E-state index in [1.807, 2.05) is 19.9 Å². The maximum Gasteiger partial charge on any atom is 0.416 e. The minimum absolute atomic E-state index is 0.0403. The van der Waals surface area contributed by atoms with Gasteiger partial charge in [0.05, 0.1) is 11.3 Å². The minimum atomic E-state index is -4.45. The summed E-state index contributed by atoms with van der Waals surface area (Å²) in [5, 5.41) is 17.3. The fraction of sp³-hybridized carbons (Fsp3) is 0.389. The van der Waals surface area contributed by atoms with Crippen LogP contribution in [0.4, 0.5) is 19.0 Å². The van der Waals surface area contributed by atoms with Crippen molar-refractivity contribution in [1.29, 1.82) is 0 Å². The maximum atomic E-state index is 12.7. The molecular weight excluding hydrogens is 375 g/mol. The number of aliphatic hydroxyl groups excluding tert-OH is 1. The molecule has 0 aliphatic rings. The lowest BCUT2D eigenvalue weighted by molar-refractivity contribution is -0.137. The lowest BCUT2D eigenvalue weighted by atomic mass is 10.1. The summed E-state index contributed by atoms with van der Waals surface area (Å²) in [5.74, 6) is 1.25. The van der Waals surface area contributed by atoms with Crippen LogP contribution in [0.3, 0.4) is 0 Å². The number of alkyl halides is 3. The Morgan fingerprint density at radius 2 is 2.04 bits per heavy atom. The quantitative estimate of drug-likeness (QED) is 0.640. The SMILES string of the molecule is CC(C)c1cc(NCC(O)COc2cccc(C(F)(F)F)c2)n2ncnc2n1. The van der Waals surface area contributed by atoms with Crippen LogP contribution in [0.2, 0.25) is 0 Å². The lowest BCUT2D eigenvalue weighted by Crippen LogP contribution is -2.27. The Kier molecular flexibility index (Phi) is 5.68. The van der Waals surface area contributed by atoms with Crippen LogP contribution in [-0.2, 0) is 6.18 Å². The third-order valence-corrected chi connectivity index (χ3v) is 3.99. The highest BCUT2D eigenvalue weighted by atomic mass is 19.4. The zero-order chi connectivity index (χ0) is 20.3. The van der Waals surface area contributed by atoms with Crippen LogP contribution in [0.15, 0.2) is 36.7 Å². The first-order valence-corrected chi connectivity index (χ1v) is 8.66. The van der Waals surface area contributed by atoms with Crippen LogP contribution in [-0.4, -0.2) is 43.9 Å². The third-order valence-electron chi connectivity index (χ3n) is 3.99. The zero-order valence-electron chi connectivity index (χ0n) is 15.3. The monoisotopic (exact) mass is 395 g/mol. The van der Waals surface area contributed by atoms with Crippen molar-refractivity contribution in [2.24, 2.45) is 0 Å². The van der Waals surface area contributed by atoms with E-state index in [1.54, 1.807) is 0 Å². The third kappa shape index (κ3) is 4.69. The number of anilines is 1. The Bertz CT molecular complexity index is 942. The number of ether oxygens (including phenoxy) is 1. The number of benzene rings is 1. The molecule has 150 valence electrons. The van der Waals surface area contributed by atoms with Gasteiger partial charge < -0.3 is 15.2 Å². The predicted molar refractivity (Wildman–Crippen MR) is 96.3 cm³/mol. The van der Waals surface area contributed by atoms with Gasteiger partial charge >= 0.3 is 6.18 Å². The number of halogens is 3. The van der Waals surface area contributed by atoms with Crippen LogP contribution < -0.4 is 10.1 Å². The smallest absolute Gasteiger partial charge is 0.416 e. The minimum Gasteiger partial charge on any atom is -0.491 e. The van der Waals surface area contributed by atoms with Crippen LogP contribution in [0.5, 0.6) is 5.75 Å². The Hall–Kier alpha value is -2.88. The van der Waals surface area contributed by atoms with Crippen LogP contribution >= 0.6 is 0 Å². The van der Waals surface area contributed by atoms with Gasteiger partial charge in [-0.05, 0) is 24.1 Å². The van der Waals surface area contributed by atoms with E-state index in [0.29, 0.717) is 11.6 Å². The van der Waals surface area contributed by atoms with E-state index >= 15 is 0 Å². The fourth-order valence-corrected chi connectivity index (χ4v) is 2.49. The highest BCUT2D eigenvalue weighted by molar-refractivity contribution is 5.45. The molecule has 0 saturated heterocycles. The summed E-state index contributed by atoms with van der Waals surface area (Å²) in [6.07, 6.45) is -4.02. The Morgan fingerprint density at radius 3 is 2.75 bits per heavy atom. The van der Waals surface area contributed by atoms with Crippen molar-refractivity contribution in [3.63, 3.8) is 0 Å². The number of nitrogens with one attached hydrogen (secondary N) is 1. The zero-order valence-corrected chi connectivity index (χ0v) is 15.3. The second-order valence-electron chi connectivity index (χ2n) is 6.56. The van der Waals surface area contributed by atoms with Crippen molar-refractivity contribution in [2.75, 3.05) is 18.5 Å². The average Bonchev–Trinajstić information content (AvgIpc) is 3.12. The van der Waals surface area contributed by atoms with E-state index in [2.05, 4.69) is 20.4 Å². The molecule has 28 heavy (non-hydrogen) atoms. The second kappa shape index (κ2) is 8.01. The molecule has 0 bridgehead atoms. The van der Waals surface area contributed by atoms with Gasteiger partial charge in [0.1, 0.15) is 30.6 Å². The fourth-order valence-electron chi connectivity index (χ4n) is 2.49. The molecule has 0 saturated carbocycles. The van der Waals surface area contributed by atoms with Gasteiger partial charge in [-0.1, -0.05) is 19.9 Å². The molecule has 2 N–H and O–H groups in total. The Morgan fingerprint density at radius 1 is 1.25 bits per heavy atom. The number of rotatable bonds is 7. The van der Waals surface area contributed by atoms with Crippen LogP contribution in [0.25, 0.3) is 5.78 Å². The van der Waals surface area contributed by atoms with Gasteiger partial charge in [-0.3, -0.25) is 0 Å². The van der Waals surface area contributed by atoms with E-state index in [0.717, 1.165) is 17.8 Å². The molecule has 0 amide bonds. The van der Waals surface area contributed by atoms with Crippen molar-refractivity contribution in [1.82, 2.24) is 19.6 Å². The summed E-state index contributed by atoms with van der Waals surface area (Å²) >= 11 is 0. The molecule has 1 aromatic carbocycles. The number of hydrogen-bond donors (Lipinski definition) is 2. The van der Waals surface area contributed by atoms with Crippen LogP contribution in [0, 0.1) is 0 Å². The molecule has 1 atom stereocenters. The summed E-state index contributed by atoms with van der Waals surface area (Å²) < 4.78 is 45.0. The van der Waals surface area contributed by atoms with E-state index < -0.39 is 17.8 Å². The molecule has 0 radical (unpaired) electrons. The van der Waals surface area contributed by atoms with E-state index in [9.17, 15) is 18.3 Å². The Balaban J connectivity index is 1.61. The maximum absolute atomic E-state index is 12.7. The van der Waals surface area contributed by atoms with Gasteiger partial charge in [-0.15, -0.1) is 0 Å². The number of hydrogen-bond acceptors (Lipinski definition) is 6. The second-order valence-corrected chi connectivity index (χ2v) is 6.56. The first kappa shape index (κ1) is 19.9. The summed E-state index contributed by atoms with van der Waals surface area (Å²) in [6.45, 7) is 3.93. The summed E-state index contributed by atoms with van der Waals surface area (Å²) in [5.41, 5.74) is 0.0156. The molecule has 1 unspecified atom stereocenters. The van der Waals surface area contributed by atoms with Gasteiger partial charge in [0.2, 0.25) is 0 Å². The highest BCUT2D eigenvalue weighted by Crippen LogP contribution is 2.31. The molecule has 0 fully saturated rings. The number of aromatic nitrogens is 4. The number of aliphatic hydroxyl groups is 1. The molecule has 0 aliphatic carbocycles. The lowest BCUT2D eigenvalue weighted by Gasteiger charge is -2.16. The first-order chi connectivity index (χ1) is 13.2. The molecule has 3 aromatic rings. The van der Waals surface area contributed by atoms with Gasteiger partial charge in [0.25, 0.3) is 5.78 Å². The van der Waals surface area contributed by atoms with Crippen molar-refractivity contribution < 1.29 is 23.0 Å². The predicted octanol–water partition coefficient (Wildman–Crippen LogP) is 3.12. The number of nitrogens with zero attached hydrogens (tertiary/aromatic N) is 4. The van der Waals surface area contributed by atoms with Crippen LogP contribution in [0.1, 0.15) is 31.0 Å². The van der Waals surface area contributed by atoms with E-state index in [-0.39, 0.29) is 24.8 Å². The number of fused-ring (bicyclic) bond motifs is 1. The highest BCUT2D eigenvalue weighted by Gasteiger charge is 2.30. The molecule has 2 aromatic heterocycles. The largest absolute Gasteiger partial charge is 0.491 e. The van der Waals surface area contributed by atoms with Gasteiger partial charge in [0.15, 0.2) is 0 Å². The molecule has 3 rings (SSSR count). The normalized spacial score (nSPS) is 13.1. The van der Waals surface area contributed by atoms with Gasteiger partial charge in [-0.2, -0.15) is 27.8 Å². The van der Waals surface area contributed by atoms with E-state index in [4.69, 9.17) is 4.74 Å². The van der Waals surface area contributed by atoms with Crippen molar-refractivity contribution in [2.45, 2.75) is 32.0 Å². The molecule has 7 nitrogen and oxygen atoms in total. The Labute approximate surface area is 159 Å². The molecule has 0 aliphatic heterocycles. The topological polar surface area (TPSA) is 84.6 Å². The first-order valence-electron chi connectivity index (χ1n) is 8.66. The summed E-state index contributed by atoms with van der Waals surface area (Å²) in [4.78, 5) is 8.47. The van der Waals surface area contributed by atoms with Crippen molar-refractivity contribution >= 4 is 11.6 Å². The van der Waals surface area contributed by atoms with E-state index in [1.165, 1.54) is 23.0 Å². The van der Waals surface area contributed by atoms with Crippen molar-refractivity contribution in [3.8, 4) is 5.75 Å². The van der Waals surface area contributed by atoms with Gasteiger partial charge in [-0.25, -0.2) is 4.98 Å². The van der Waals surface area contributed by atoms with Crippen molar-refractivity contribution in [3.05, 3.63) is 47.9 Å². The standard InChI is InChI=1S/C18H20F3N5O2/c1-11(2)15-7-16(26-17(25-15)23-10-24-26)22-8-13(27)9-28-14-5-3-4-12(6-14)18(19,20)21/h3-7,10-11,13,22,27H,8-9H2,1-2H3. The summed E-state index contributed by atoms with van der Waals surface area (Å²) in [6, 6.07) is 6.34. The molecule has 10 heteroatoms. The van der Waals surface area contributed by atoms with Gasteiger partial charge in [0, 0.05) is 12.6 Å². The summed E-state index contributed by atoms with van der Waals surface area (Å²) in [7, 11) is 0.